The minimum absolute atomic E-state index is 0.129. The fourth-order valence-electron chi connectivity index (χ4n) is 3.66. The lowest BCUT2D eigenvalue weighted by molar-refractivity contribution is 0.226. The lowest BCUT2D eigenvalue weighted by Crippen LogP contribution is -2.67. The van der Waals surface area contributed by atoms with Gasteiger partial charge < -0.3 is 15.5 Å². The van der Waals surface area contributed by atoms with Gasteiger partial charge in [0, 0.05) is 48.2 Å². The third-order valence-corrected chi connectivity index (χ3v) is 3.89. The van der Waals surface area contributed by atoms with Crippen LogP contribution in [0.1, 0.15) is 33.3 Å². The van der Waals surface area contributed by atoms with Crippen molar-refractivity contribution in [2.75, 3.05) is 29.9 Å². The second-order valence-corrected chi connectivity index (χ2v) is 7.08. The molecule has 0 aromatic carbocycles. The zero-order valence-electron chi connectivity index (χ0n) is 12.4. The summed E-state index contributed by atoms with van der Waals surface area (Å²) in [7, 11) is 0. The summed E-state index contributed by atoms with van der Waals surface area (Å²) >= 11 is 0. The van der Waals surface area contributed by atoms with Gasteiger partial charge in [0.1, 0.15) is 5.82 Å². The van der Waals surface area contributed by atoms with E-state index < -0.39 is 0 Å². The van der Waals surface area contributed by atoms with Crippen molar-refractivity contribution in [2.45, 2.75) is 45.2 Å². The van der Waals surface area contributed by atoms with Crippen molar-refractivity contribution in [1.82, 2.24) is 10.3 Å². The summed E-state index contributed by atoms with van der Waals surface area (Å²) in [6.45, 7) is 12.2. The molecule has 0 unspecified atom stereocenters. The number of nitrogens with zero attached hydrogens (tertiary/aromatic N) is 2. The Balaban J connectivity index is 1.96. The fourth-order valence-corrected chi connectivity index (χ4v) is 3.66. The highest BCUT2D eigenvalue weighted by Crippen LogP contribution is 2.33. The fraction of sp³-hybridized carbons (Fsp3) is 0.667. The second-order valence-electron chi connectivity index (χ2n) is 7.08. The van der Waals surface area contributed by atoms with Gasteiger partial charge in [-0.05, 0) is 40.2 Å². The second kappa shape index (κ2) is 4.10. The lowest BCUT2D eigenvalue weighted by atomic mass is 9.90. The molecule has 0 amide bonds. The maximum absolute atomic E-state index is 4.43. The van der Waals surface area contributed by atoms with Crippen LogP contribution in [0.15, 0.2) is 12.3 Å². The molecule has 1 saturated heterocycles. The summed E-state index contributed by atoms with van der Waals surface area (Å²) in [6.07, 6.45) is 3.01. The van der Waals surface area contributed by atoms with Crippen LogP contribution in [-0.4, -0.2) is 35.7 Å². The van der Waals surface area contributed by atoms with Crippen LogP contribution < -0.4 is 15.5 Å². The predicted octanol–water partition coefficient (Wildman–Crippen LogP) is 2.02. The molecule has 1 aromatic heterocycles. The first-order valence-electron chi connectivity index (χ1n) is 7.12. The zero-order chi connectivity index (χ0) is 13.7. The van der Waals surface area contributed by atoms with Crippen LogP contribution in [-0.2, 0) is 6.42 Å². The number of fused-ring (bicyclic) bond motifs is 1. The zero-order valence-corrected chi connectivity index (χ0v) is 12.4. The standard InChI is InChI=1S/C15H24N4/c1-14(2)9-19(10-15(3,4)18-14)12-6-8-17-13-11(12)5-7-16-13/h6,8,18H,5,7,9-10H2,1-4H3,(H,16,17). The summed E-state index contributed by atoms with van der Waals surface area (Å²) in [5, 5.41) is 7.09. The average molecular weight is 260 g/mol. The van der Waals surface area contributed by atoms with Gasteiger partial charge in [-0.25, -0.2) is 4.98 Å². The van der Waals surface area contributed by atoms with Crippen molar-refractivity contribution < 1.29 is 0 Å². The van der Waals surface area contributed by atoms with Crippen molar-refractivity contribution in [2.24, 2.45) is 0 Å². The molecule has 19 heavy (non-hydrogen) atoms. The van der Waals surface area contributed by atoms with E-state index in [-0.39, 0.29) is 11.1 Å². The van der Waals surface area contributed by atoms with Gasteiger partial charge in [0.2, 0.25) is 0 Å². The Hall–Kier alpha value is -1.29. The normalized spacial score (nSPS) is 23.9. The van der Waals surface area contributed by atoms with E-state index in [0.29, 0.717) is 0 Å². The Morgan fingerprint density at radius 2 is 1.84 bits per heavy atom. The first-order valence-corrected chi connectivity index (χ1v) is 7.12. The van der Waals surface area contributed by atoms with Gasteiger partial charge in [-0.3, -0.25) is 0 Å². The Kier molecular flexibility index (Phi) is 2.75. The number of pyridine rings is 1. The van der Waals surface area contributed by atoms with E-state index in [1.807, 2.05) is 6.20 Å². The summed E-state index contributed by atoms with van der Waals surface area (Å²) < 4.78 is 0. The van der Waals surface area contributed by atoms with Gasteiger partial charge in [0.25, 0.3) is 0 Å². The molecule has 3 rings (SSSR count). The van der Waals surface area contributed by atoms with E-state index >= 15 is 0 Å². The van der Waals surface area contributed by atoms with E-state index in [1.165, 1.54) is 11.3 Å². The number of nitrogens with one attached hydrogen (secondary N) is 2. The van der Waals surface area contributed by atoms with Crippen LogP contribution in [0.2, 0.25) is 0 Å². The Morgan fingerprint density at radius 3 is 2.53 bits per heavy atom. The van der Waals surface area contributed by atoms with Crippen LogP contribution in [0.4, 0.5) is 11.5 Å². The van der Waals surface area contributed by atoms with Gasteiger partial charge in [-0.1, -0.05) is 0 Å². The van der Waals surface area contributed by atoms with Gasteiger partial charge in [0.15, 0.2) is 0 Å². The van der Waals surface area contributed by atoms with E-state index in [2.05, 4.69) is 54.3 Å². The predicted molar refractivity (Wildman–Crippen MR) is 79.9 cm³/mol. The molecule has 3 heterocycles. The molecule has 2 aliphatic rings. The number of aromatic nitrogens is 1. The highest BCUT2D eigenvalue weighted by molar-refractivity contribution is 5.66. The van der Waals surface area contributed by atoms with Crippen molar-refractivity contribution in [1.29, 1.82) is 0 Å². The minimum Gasteiger partial charge on any atom is -0.369 e. The minimum atomic E-state index is 0.129. The van der Waals surface area contributed by atoms with Gasteiger partial charge >= 0.3 is 0 Å². The smallest absolute Gasteiger partial charge is 0.131 e. The van der Waals surface area contributed by atoms with E-state index in [0.717, 1.165) is 31.9 Å². The first-order chi connectivity index (χ1) is 8.86. The quantitative estimate of drug-likeness (QED) is 0.810. The van der Waals surface area contributed by atoms with E-state index in [9.17, 15) is 0 Å². The van der Waals surface area contributed by atoms with E-state index in [1.54, 1.807) is 0 Å². The molecule has 0 atom stereocenters. The number of piperazine rings is 1. The van der Waals surface area contributed by atoms with E-state index in [4.69, 9.17) is 0 Å². The lowest BCUT2D eigenvalue weighted by Gasteiger charge is -2.49. The molecule has 104 valence electrons. The number of rotatable bonds is 1. The number of hydrogen-bond acceptors (Lipinski definition) is 4. The monoisotopic (exact) mass is 260 g/mol. The number of hydrogen-bond donors (Lipinski definition) is 2. The van der Waals surface area contributed by atoms with Crippen molar-refractivity contribution in [3.05, 3.63) is 17.8 Å². The third-order valence-electron chi connectivity index (χ3n) is 3.89. The van der Waals surface area contributed by atoms with Gasteiger partial charge in [0.05, 0.1) is 0 Å². The van der Waals surface area contributed by atoms with Crippen LogP contribution in [0.5, 0.6) is 0 Å². The van der Waals surface area contributed by atoms with Gasteiger partial charge in [-0.15, -0.1) is 0 Å². The van der Waals surface area contributed by atoms with Crippen molar-refractivity contribution in [3.8, 4) is 0 Å². The van der Waals surface area contributed by atoms with Gasteiger partial charge in [-0.2, -0.15) is 0 Å². The Morgan fingerprint density at radius 1 is 1.16 bits per heavy atom. The molecule has 0 aliphatic carbocycles. The third kappa shape index (κ3) is 2.41. The maximum atomic E-state index is 4.43. The van der Waals surface area contributed by atoms with Crippen LogP contribution in [0.3, 0.4) is 0 Å². The molecule has 2 aliphatic heterocycles. The topological polar surface area (TPSA) is 40.2 Å². The first kappa shape index (κ1) is 12.7. The van der Waals surface area contributed by atoms with Crippen molar-refractivity contribution >= 4 is 11.5 Å². The summed E-state index contributed by atoms with van der Waals surface area (Å²) in [6, 6.07) is 2.17. The SMILES string of the molecule is CC1(C)CN(c2ccnc3c2CCN3)CC(C)(C)N1. The molecular weight excluding hydrogens is 236 g/mol. The van der Waals surface area contributed by atoms with Crippen LogP contribution in [0.25, 0.3) is 0 Å². The molecule has 1 fully saturated rings. The largest absolute Gasteiger partial charge is 0.369 e. The van der Waals surface area contributed by atoms with Crippen LogP contribution in [0, 0.1) is 0 Å². The highest BCUT2D eigenvalue weighted by atomic mass is 15.3. The molecule has 2 N–H and O–H groups in total. The molecular formula is C15H24N4. The molecule has 4 heteroatoms. The van der Waals surface area contributed by atoms with Crippen LogP contribution >= 0.6 is 0 Å². The molecule has 0 bridgehead atoms. The highest BCUT2D eigenvalue weighted by Gasteiger charge is 2.37. The molecule has 0 spiro atoms. The Labute approximate surface area is 115 Å². The molecule has 4 nitrogen and oxygen atoms in total. The summed E-state index contributed by atoms with van der Waals surface area (Å²) in [4.78, 5) is 6.95. The van der Waals surface area contributed by atoms with Crippen molar-refractivity contribution in [3.63, 3.8) is 0 Å². The Bertz CT molecular complexity index is 477. The summed E-state index contributed by atoms with van der Waals surface area (Å²) in [5.74, 6) is 1.08. The molecule has 1 aromatic rings. The summed E-state index contributed by atoms with van der Waals surface area (Å²) in [5.41, 5.74) is 3.00. The molecule has 0 radical (unpaired) electrons. The average Bonchev–Trinajstić information content (AvgIpc) is 2.71. The maximum Gasteiger partial charge on any atom is 0.131 e. The number of anilines is 2. The molecule has 0 saturated carbocycles.